The summed E-state index contributed by atoms with van der Waals surface area (Å²) in [6.45, 7) is 19.2. The first-order chi connectivity index (χ1) is 14.9. The standard InChI is InChI=1S/C23H38O5Si4/c1-9-24-20-21-25-29(2,3)26-30(4,5)27-31(6,7)28-32(8,22-16-12-10-13-17-22)23-18-14-11-15-19-23/h9-19H,1,20-21H2,2-8H3. The van der Waals surface area contributed by atoms with Crippen LogP contribution in [0.5, 0.6) is 0 Å². The van der Waals surface area contributed by atoms with Crippen LogP contribution in [0.3, 0.4) is 0 Å². The van der Waals surface area contributed by atoms with Crippen LogP contribution in [0, 0.1) is 0 Å². The summed E-state index contributed by atoms with van der Waals surface area (Å²) in [6, 6.07) is 21.0. The van der Waals surface area contributed by atoms with Gasteiger partial charge in [0.2, 0.25) is 8.32 Å². The summed E-state index contributed by atoms with van der Waals surface area (Å²) in [7, 11) is -9.91. The van der Waals surface area contributed by atoms with Gasteiger partial charge in [-0.05, 0) is 56.2 Å². The minimum absolute atomic E-state index is 0.466. The van der Waals surface area contributed by atoms with E-state index in [1.807, 2.05) is 25.2 Å². The molecular weight excluding hydrogens is 469 g/mol. The molecule has 0 aromatic heterocycles. The average molecular weight is 507 g/mol. The summed E-state index contributed by atoms with van der Waals surface area (Å²) in [6.07, 6.45) is 1.42. The van der Waals surface area contributed by atoms with E-state index in [1.165, 1.54) is 16.6 Å². The maximum absolute atomic E-state index is 7.01. The second-order valence-electron chi connectivity index (χ2n) is 9.16. The van der Waals surface area contributed by atoms with Gasteiger partial charge in [-0.3, -0.25) is 0 Å². The smallest absolute Gasteiger partial charge is 0.323 e. The molecule has 0 spiro atoms. The summed E-state index contributed by atoms with van der Waals surface area (Å²) in [4.78, 5) is 0. The number of benzene rings is 2. The lowest BCUT2D eigenvalue weighted by Crippen LogP contribution is -2.65. The Balaban J connectivity index is 2.18. The fraction of sp³-hybridized carbons (Fsp3) is 0.391. The van der Waals surface area contributed by atoms with Crippen molar-refractivity contribution in [2.75, 3.05) is 13.2 Å². The number of rotatable bonds is 13. The molecule has 0 heterocycles. The highest BCUT2D eigenvalue weighted by atomic mass is 28.5. The Hall–Kier alpha value is -1.31. The van der Waals surface area contributed by atoms with Crippen molar-refractivity contribution in [2.24, 2.45) is 0 Å². The normalized spacial score (nSPS) is 13.1. The Morgan fingerprint density at radius 2 is 1.06 bits per heavy atom. The molecule has 0 aliphatic rings. The minimum atomic E-state index is -2.56. The first-order valence-corrected chi connectivity index (χ1v) is 21.8. The van der Waals surface area contributed by atoms with E-state index < -0.39 is 34.0 Å². The fourth-order valence-corrected chi connectivity index (χ4v) is 22.2. The molecule has 2 rings (SSSR count). The van der Waals surface area contributed by atoms with Crippen molar-refractivity contribution >= 4 is 44.4 Å². The predicted molar refractivity (Wildman–Crippen MR) is 142 cm³/mol. The van der Waals surface area contributed by atoms with Crippen LogP contribution >= 0.6 is 0 Å². The Morgan fingerprint density at radius 3 is 1.53 bits per heavy atom. The van der Waals surface area contributed by atoms with E-state index in [2.05, 4.69) is 87.8 Å². The third-order valence-corrected chi connectivity index (χ3v) is 20.1. The first kappa shape index (κ1) is 26.9. The molecule has 176 valence electrons. The van der Waals surface area contributed by atoms with Gasteiger partial charge in [0.1, 0.15) is 6.61 Å². The van der Waals surface area contributed by atoms with Crippen molar-refractivity contribution in [3.05, 3.63) is 73.5 Å². The van der Waals surface area contributed by atoms with Crippen LogP contribution in [-0.4, -0.2) is 47.2 Å². The lowest BCUT2D eigenvalue weighted by atomic mass is 10.4. The summed E-state index contributed by atoms with van der Waals surface area (Å²) in [5.41, 5.74) is 0. The maximum Gasteiger partial charge on any atom is 0.323 e. The lowest BCUT2D eigenvalue weighted by Gasteiger charge is -2.41. The molecule has 0 N–H and O–H groups in total. The van der Waals surface area contributed by atoms with Gasteiger partial charge in [-0.15, -0.1) is 0 Å². The zero-order chi connectivity index (χ0) is 23.9. The van der Waals surface area contributed by atoms with Gasteiger partial charge < -0.3 is 21.5 Å². The van der Waals surface area contributed by atoms with E-state index in [-0.39, 0.29) is 0 Å². The Labute approximate surface area is 198 Å². The summed E-state index contributed by atoms with van der Waals surface area (Å²) < 4.78 is 31.4. The molecule has 2 aromatic carbocycles. The molecule has 2 aromatic rings. The van der Waals surface area contributed by atoms with Crippen molar-refractivity contribution in [1.29, 1.82) is 0 Å². The number of ether oxygens (including phenoxy) is 1. The summed E-state index contributed by atoms with van der Waals surface area (Å²) in [5, 5.41) is 2.46. The number of hydrogen-bond donors (Lipinski definition) is 0. The van der Waals surface area contributed by atoms with Crippen molar-refractivity contribution in [2.45, 2.75) is 45.8 Å². The van der Waals surface area contributed by atoms with Crippen LogP contribution in [0.25, 0.3) is 0 Å². The highest BCUT2D eigenvalue weighted by molar-refractivity contribution is 7.01. The highest BCUT2D eigenvalue weighted by Crippen LogP contribution is 2.24. The van der Waals surface area contributed by atoms with E-state index in [1.54, 1.807) is 0 Å². The Bertz CT molecular complexity index is 804. The zero-order valence-corrected chi connectivity index (χ0v) is 24.5. The van der Waals surface area contributed by atoms with Gasteiger partial charge in [0.25, 0.3) is 0 Å². The van der Waals surface area contributed by atoms with Gasteiger partial charge in [-0.25, -0.2) is 0 Å². The number of hydrogen-bond acceptors (Lipinski definition) is 5. The topological polar surface area (TPSA) is 46.2 Å². The molecule has 0 bridgehead atoms. The third-order valence-electron chi connectivity index (χ3n) is 4.85. The van der Waals surface area contributed by atoms with Crippen LogP contribution in [-0.2, 0) is 21.5 Å². The Morgan fingerprint density at radius 1 is 0.625 bits per heavy atom. The SMILES string of the molecule is C=COCCO[Si](C)(C)O[Si](C)(C)O[Si](C)(C)O[Si](C)(c1ccccc1)c1ccccc1. The van der Waals surface area contributed by atoms with Gasteiger partial charge >= 0.3 is 25.7 Å². The van der Waals surface area contributed by atoms with Crippen LogP contribution in [0.15, 0.2) is 73.5 Å². The largest absolute Gasteiger partial charge is 0.499 e. The molecule has 0 amide bonds. The van der Waals surface area contributed by atoms with Crippen LogP contribution in [0.1, 0.15) is 0 Å². The zero-order valence-electron chi connectivity index (χ0n) is 20.5. The second kappa shape index (κ2) is 11.2. The van der Waals surface area contributed by atoms with E-state index in [9.17, 15) is 0 Å². The molecule has 0 saturated heterocycles. The van der Waals surface area contributed by atoms with Gasteiger partial charge in [0, 0.05) is 0 Å². The minimum Gasteiger partial charge on any atom is -0.499 e. The molecule has 0 aliphatic carbocycles. The van der Waals surface area contributed by atoms with E-state index in [0.29, 0.717) is 13.2 Å². The van der Waals surface area contributed by atoms with Crippen LogP contribution in [0.4, 0.5) is 0 Å². The quantitative estimate of drug-likeness (QED) is 0.224. The van der Waals surface area contributed by atoms with E-state index in [4.69, 9.17) is 21.5 Å². The maximum atomic E-state index is 7.01. The van der Waals surface area contributed by atoms with Crippen molar-refractivity contribution in [3.8, 4) is 0 Å². The van der Waals surface area contributed by atoms with Gasteiger partial charge in [-0.2, -0.15) is 0 Å². The lowest BCUT2D eigenvalue weighted by molar-refractivity contribution is 0.151. The molecule has 0 unspecified atom stereocenters. The molecule has 0 aliphatic heterocycles. The molecule has 9 heteroatoms. The third kappa shape index (κ3) is 8.23. The van der Waals surface area contributed by atoms with Crippen molar-refractivity contribution < 1.29 is 21.5 Å². The van der Waals surface area contributed by atoms with Crippen molar-refractivity contribution in [1.82, 2.24) is 0 Å². The summed E-state index contributed by atoms with van der Waals surface area (Å²) >= 11 is 0. The highest BCUT2D eigenvalue weighted by Gasteiger charge is 2.46. The van der Waals surface area contributed by atoms with Gasteiger partial charge in [0.15, 0.2) is 0 Å². The monoisotopic (exact) mass is 506 g/mol. The van der Waals surface area contributed by atoms with Gasteiger partial charge in [0.05, 0.1) is 12.9 Å². The second-order valence-corrected chi connectivity index (χ2v) is 23.5. The average Bonchev–Trinajstić information content (AvgIpc) is 2.70. The summed E-state index contributed by atoms with van der Waals surface area (Å²) in [5.74, 6) is 0. The molecular formula is C23H38O5Si4. The van der Waals surface area contributed by atoms with Crippen LogP contribution in [0.2, 0.25) is 45.8 Å². The molecule has 0 radical (unpaired) electrons. The molecule has 0 saturated carbocycles. The Kier molecular flexibility index (Phi) is 9.44. The van der Waals surface area contributed by atoms with E-state index >= 15 is 0 Å². The molecule has 0 fully saturated rings. The van der Waals surface area contributed by atoms with Crippen LogP contribution < -0.4 is 10.4 Å². The van der Waals surface area contributed by atoms with E-state index in [0.717, 1.165) is 0 Å². The van der Waals surface area contributed by atoms with Crippen molar-refractivity contribution in [3.63, 3.8) is 0 Å². The predicted octanol–water partition coefficient (Wildman–Crippen LogP) is 4.71. The van der Waals surface area contributed by atoms with Gasteiger partial charge in [-0.1, -0.05) is 67.2 Å². The molecule has 5 nitrogen and oxygen atoms in total. The first-order valence-electron chi connectivity index (χ1n) is 11.0. The molecule has 32 heavy (non-hydrogen) atoms. The fourth-order valence-electron chi connectivity index (χ4n) is 3.96. The molecule has 0 atom stereocenters.